The van der Waals surface area contributed by atoms with E-state index in [-0.39, 0.29) is 5.91 Å². The quantitative estimate of drug-likeness (QED) is 0.466. The molecule has 0 unspecified atom stereocenters. The van der Waals surface area contributed by atoms with Crippen molar-refractivity contribution in [2.45, 2.75) is 71.6 Å². The lowest BCUT2D eigenvalue weighted by Gasteiger charge is -2.32. The maximum Gasteiger partial charge on any atom is 0.237 e. The first-order valence-corrected chi connectivity index (χ1v) is 12.8. The number of rotatable bonds is 3. The molecule has 2 aromatic rings. The summed E-state index contributed by atoms with van der Waals surface area (Å²) < 4.78 is 2.16. The third-order valence-corrected chi connectivity index (χ3v) is 6.46. The fraction of sp³-hybridized carbons (Fsp3) is 0.500. The molecule has 1 aromatic heterocycles. The number of hydrogen-bond acceptors (Lipinski definition) is 4. The highest BCUT2D eigenvalue weighted by molar-refractivity contribution is 8.01. The molecule has 0 spiro atoms. The van der Waals surface area contributed by atoms with Gasteiger partial charge in [-0.05, 0) is 49.5 Å². The predicted octanol–water partition coefficient (Wildman–Crippen LogP) is 7.69. The van der Waals surface area contributed by atoms with Crippen LogP contribution in [0.15, 0.2) is 52.0 Å². The molecule has 0 fully saturated rings. The van der Waals surface area contributed by atoms with Gasteiger partial charge in [0.15, 0.2) is 4.34 Å². The lowest BCUT2D eigenvalue weighted by atomic mass is 9.94. The summed E-state index contributed by atoms with van der Waals surface area (Å²) >= 11 is 3.22. The molecule has 0 atom stereocenters. The Morgan fingerprint density at radius 1 is 1.10 bits per heavy atom. The van der Waals surface area contributed by atoms with Crippen molar-refractivity contribution in [3.8, 4) is 0 Å². The molecule has 1 aliphatic heterocycles. The number of carbonyl (C=O) groups excluding carboxylic acids is 1. The van der Waals surface area contributed by atoms with E-state index in [0.29, 0.717) is 5.75 Å². The third kappa shape index (κ3) is 7.00. The highest BCUT2D eigenvalue weighted by Crippen LogP contribution is 2.32. The van der Waals surface area contributed by atoms with Gasteiger partial charge in [-0.15, -0.1) is 11.3 Å². The van der Waals surface area contributed by atoms with E-state index in [1.807, 2.05) is 64.6 Å². The van der Waals surface area contributed by atoms with E-state index in [0.717, 1.165) is 47.8 Å². The molecule has 2 aliphatic rings. The molecule has 0 bridgehead atoms. The van der Waals surface area contributed by atoms with Gasteiger partial charge in [-0.3, -0.25) is 4.79 Å². The second-order valence-corrected chi connectivity index (χ2v) is 8.07. The second-order valence-electron chi connectivity index (χ2n) is 5.81. The van der Waals surface area contributed by atoms with Crippen molar-refractivity contribution >= 4 is 39.2 Å². The molecule has 0 radical (unpaired) electrons. The number of carbonyl (C=O) groups is 1. The van der Waals surface area contributed by atoms with Crippen LogP contribution in [0, 0.1) is 0 Å². The molecule has 0 saturated carbocycles. The number of thioether (sulfide) groups is 1. The molecule has 4 rings (SSSR count). The summed E-state index contributed by atoms with van der Waals surface area (Å²) in [6.45, 7) is 12.8. The molecular formula is C24H36N2OS2. The predicted molar refractivity (Wildman–Crippen MR) is 131 cm³/mol. The van der Waals surface area contributed by atoms with Gasteiger partial charge in [0.25, 0.3) is 0 Å². The van der Waals surface area contributed by atoms with Gasteiger partial charge >= 0.3 is 0 Å². The van der Waals surface area contributed by atoms with Crippen LogP contribution in [-0.2, 0) is 4.79 Å². The van der Waals surface area contributed by atoms with Gasteiger partial charge in [0.2, 0.25) is 5.91 Å². The fourth-order valence-corrected chi connectivity index (χ4v) is 5.12. The summed E-state index contributed by atoms with van der Waals surface area (Å²) in [4.78, 5) is 19.2. The van der Waals surface area contributed by atoms with E-state index in [4.69, 9.17) is 0 Å². The summed E-state index contributed by atoms with van der Waals surface area (Å²) in [5, 5.41) is 0. The number of amides is 1. The van der Waals surface area contributed by atoms with Crippen molar-refractivity contribution in [1.29, 1.82) is 0 Å². The molecule has 29 heavy (non-hydrogen) atoms. The third-order valence-electron chi connectivity index (χ3n) is 4.30. The van der Waals surface area contributed by atoms with Crippen molar-refractivity contribution < 1.29 is 4.79 Å². The first kappa shape index (κ1) is 25.4. The highest BCUT2D eigenvalue weighted by Gasteiger charge is 2.24. The summed E-state index contributed by atoms with van der Waals surface area (Å²) in [7, 11) is 0. The monoisotopic (exact) mass is 432 g/mol. The molecule has 0 N–H and O–H groups in total. The van der Waals surface area contributed by atoms with Crippen molar-refractivity contribution in [3.05, 3.63) is 47.7 Å². The van der Waals surface area contributed by atoms with Gasteiger partial charge in [0.1, 0.15) is 0 Å². The molecule has 5 heteroatoms. The van der Waals surface area contributed by atoms with E-state index >= 15 is 0 Å². The molecule has 1 amide bonds. The van der Waals surface area contributed by atoms with Gasteiger partial charge < -0.3 is 4.90 Å². The SMILES string of the molecule is CC.CC.CC.O=C(CSc1nc2ccccc2s1)N1CCCC2=C1C=CCC2. The lowest BCUT2D eigenvalue weighted by Crippen LogP contribution is -2.35. The zero-order valence-electron chi connectivity index (χ0n) is 18.8. The van der Waals surface area contributed by atoms with E-state index in [9.17, 15) is 4.79 Å². The van der Waals surface area contributed by atoms with Crippen LogP contribution >= 0.6 is 23.1 Å². The van der Waals surface area contributed by atoms with E-state index < -0.39 is 0 Å². The number of benzene rings is 1. The Bertz CT molecular complexity index is 775. The van der Waals surface area contributed by atoms with Crippen molar-refractivity contribution in [1.82, 2.24) is 9.88 Å². The number of hydrogen-bond donors (Lipinski definition) is 0. The van der Waals surface area contributed by atoms with Crippen LogP contribution in [0.1, 0.15) is 67.2 Å². The van der Waals surface area contributed by atoms with E-state index in [1.54, 1.807) is 23.1 Å². The average Bonchev–Trinajstić information content (AvgIpc) is 3.24. The first-order valence-electron chi connectivity index (χ1n) is 11.0. The van der Waals surface area contributed by atoms with Crippen molar-refractivity contribution in [2.24, 2.45) is 0 Å². The molecule has 3 nitrogen and oxygen atoms in total. The molecular weight excluding hydrogens is 396 g/mol. The lowest BCUT2D eigenvalue weighted by molar-refractivity contribution is -0.126. The van der Waals surface area contributed by atoms with Gasteiger partial charge in [0.05, 0.1) is 16.0 Å². The molecule has 1 aromatic carbocycles. The van der Waals surface area contributed by atoms with Gasteiger partial charge in [0, 0.05) is 12.2 Å². The van der Waals surface area contributed by atoms with Crippen LogP contribution in [0.3, 0.4) is 0 Å². The van der Waals surface area contributed by atoms with Crippen LogP contribution < -0.4 is 0 Å². The van der Waals surface area contributed by atoms with Crippen LogP contribution in [-0.4, -0.2) is 28.1 Å². The van der Waals surface area contributed by atoms with Gasteiger partial charge in [-0.2, -0.15) is 0 Å². The topological polar surface area (TPSA) is 33.2 Å². The molecule has 0 saturated heterocycles. The maximum absolute atomic E-state index is 12.7. The average molecular weight is 433 g/mol. The summed E-state index contributed by atoms with van der Waals surface area (Å²) in [5.41, 5.74) is 3.64. The van der Waals surface area contributed by atoms with Gasteiger partial charge in [-0.1, -0.05) is 71.5 Å². The number of fused-ring (bicyclic) bond motifs is 1. The Hall–Kier alpha value is -1.59. The van der Waals surface area contributed by atoms with Crippen LogP contribution in [0.5, 0.6) is 0 Å². The summed E-state index contributed by atoms with van der Waals surface area (Å²) in [6, 6.07) is 8.12. The summed E-state index contributed by atoms with van der Waals surface area (Å²) in [5.74, 6) is 0.665. The van der Waals surface area contributed by atoms with Crippen LogP contribution in [0.4, 0.5) is 0 Å². The van der Waals surface area contributed by atoms with Crippen molar-refractivity contribution in [2.75, 3.05) is 12.3 Å². The van der Waals surface area contributed by atoms with E-state index in [1.165, 1.54) is 10.3 Å². The molecule has 1 aliphatic carbocycles. The normalized spacial score (nSPS) is 14.6. The zero-order chi connectivity index (χ0) is 21.6. The Kier molecular flexibility index (Phi) is 12.6. The minimum absolute atomic E-state index is 0.202. The summed E-state index contributed by atoms with van der Waals surface area (Å²) in [6.07, 6.45) is 8.78. The fourth-order valence-electron chi connectivity index (χ4n) is 3.18. The van der Waals surface area contributed by atoms with Crippen molar-refractivity contribution in [3.63, 3.8) is 0 Å². The standard InChI is InChI=1S/C18H18N2OS2.3C2H6/c21-17(20-11-5-7-13-6-1-3-9-15(13)20)12-22-18-19-14-8-2-4-10-16(14)23-18;3*1-2/h2-4,8-10H,1,5-7,11-12H2;3*1-2H3. The Labute approximate surface area is 185 Å². The Balaban J connectivity index is 0.000000644. The molecule has 2 heterocycles. The first-order chi connectivity index (χ1) is 14.3. The maximum atomic E-state index is 12.7. The smallest absolute Gasteiger partial charge is 0.237 e. The number of nitrogens with zero attached hydrogens (tertiary/aromatic N) is 2. The second kappa shape index (κ2) is 14.4. The molecule has 160 valence electrons. The van der Waals surface area contributed by atoms with Gasteiger partial charge in [-0.25, -0.2) is 4.98 Å². The highest BCUT2D eigenvalue weighted by atomic mass is 32.2. The minimum Gasteiger partial charge on any atom is -0.312 e. The minimum atomic E-state index is 0.202. The van der Waals surface area contributed by atoms with Crippen LogP contribution in [0.2, 0.25) is 0 Å². The number of thiazole rings is 1. The largest absolute Gasteiger partial charge is 0.312 e. The van der Waals surface area contributed by atoms with Crippen LogP contribution in [0.25, 0.3) is 10.2 Å². The number of allylic oxidation sites excluding steroid dienone is 3. The Morgan fingerprint density at radius 3 is 2.55 bits per heavy atom. The Morgan fingerprint density at radius 2 is 1.83 bits per heavy atom. The van der Waals surface area contributed by atoms with E-state index in [2.05, 4.69) is 23.2 Å². The zero-order valence-corrected chi connectivity index (χ0v) is 20.5. The number of para-hydroxylation sites is 1. The number of aromatic nitrogens is 1.